The molecule has 190 valence electrons. The predicted octanol–water partition coefficient (Wildman–Crippen LogP) is 0.639. The number of hydrogen-bond donors (Lipinski definition) is 2. The first kappa shape index (κ1) is 27.4. The fraction of sp³-hybridized carbons (Fsp3) is 0.667. The molecule has 0 saturated carbocycles. The van der Waals surface area contributed by atoms with Crippen molar-refractivity contribution in [1.29, 1.82) is 0 Å². The highest BCUT2D eigenvalue weighted by atomic mass is 32.2. The molecule has 2 aliphatic heterocycles. The molecule has 34 heavy (non-hydrogen) atoms. The Bertz CT molecular complexity index is 881. The maximum atomic E-state index is 12.8. The summed E-state index contributed by atoms with van der Waals surface area (Å²) in [5.74, 6) is -2.82. The van der Waals surface area contributed by atoms with Crippen LogP contribution >= 0.6 is 11.8 Å². The second-order valence-corrected chi connectivity index (χ2v) is 10.2. The summed E-state index contributed by atoms with van der Waals surface area (Å²) in [4.78, 5) is 61.9. The number of esters is 3. The lowest BCUT2D eigenvalue weighted by molar-refractivity contribution is -0.170. The van der Waals surface area contributed by atoms with Gasteiger partial charge >= 0.3 is 24.0 Å². The van der Waals surface area contributed by atoms with E-state index >= 15 is 0 Å². The molecule has 1 saturated heterocycles. The zero-order valence-corrected chi connectivity index (χ0v) is 20.9. The number of carbonyl (C=O) groups excluding carboxylic acids is 5. The highest BCUT2D eigenvalue weighted by Crippen LogP contribution is 2.39. The molecule has 13 heteroatoms. The van der Waals surface area contributed by atoms with Crippen molar-refractivity contribution >= 4 is 41.7 Å². The van der Waals surface area contributed by atoms with Crippen LogP contribution in [-0.2, 0) is 38.1 Å². The summed E-state index contributed by atoms with van der Waals surface area (Å²) in [7, 11) is 0. The van der Waals surface area contributed by atoms with E-state index in [4.69, 9.17) is 24.7 Å². The lowest BCUT2D eigenvalue weighted by Gasteiger charge is -2.48. The van der Waals surface area contributed by atoms with Crippen molar-refractivity contribution in [3.05, 3.63) is 11.3 Å². The number of nitrogens with one attached hydrogen (secondary N) is 1. The van der Waals surface area contributed by atoms with E-state index in [0.29, 0.717) is 11.3 Å². The molecule has 3 unspecified atom stereocenters. The summed E-state index contributed by atoms with van der Waals surface area (Å²) in [6, 6.07) is -1.80. The van der Waals surface area contributed by atoms with E-state index < -0.39 is 59.8 Å². The smallest absolute Gasteiger partial charge is 0.408 e. The number of fused-ring (bicyclic) bond motifs is 1. The van der Waals surface area contributed by atoms with E-state index in [1.165, 1.54) is 23.6 Å². The molecule has 2 aliphatic rings. The molecule has 0 bridgehead atoms. The third-order valence-corrected chi connectivity index (χ3v) is 6.08. The van der Waals surface area contributed by atoms with Gasteiger partial charge in [0, 0.05) is 18.2 Å². The van der Waals surface area contributed by atoms with Crippen molar-refractivity contribution in [1.82, 2.24) is 10.2 Å². The number of thioether (sulfide) groups is 1. The van der Waals surface area contributed by atoms with E-state index in [1.807, 2.05) is 0 Å². The molecule has 3 N–H and O–H groups in total. The minimum absolute atomic E-state index is 0.0833. The van der Waals surface area contributed by atoms with Crippen LogP contribution in [0, 0.1) is 5.92 Å². The molecule has 0 aromatic carbocycles. The highest BCUT2D eigenvalue weighted by Gasteiger charge is 2.52. The van der Waals surface area contributed by atoms with Gasteiger partial charge in [-0.2, -0.15) is 0 Å². The Morgan fingerprint density at radius 2 is 1.82 bits per heavy atom. The van der Waals surface area contributed by atoms with Crippen LogP contribution in [-0.4, -0.2) is 77.0 Å². The number of alkyl carbamates (subject to hydrolysis) is 1. The van der Waals surface area contributed by atoms with Gasteiger partial charge in [0.15, 0.2) is 0 Å². The Labute approximate surface area is 201 Å². The first-order valence-corrected chi connectivity index (χ1v) is 11.7. The molecule has 0 aromatic heterocycles. The second kappa shape index (κ2) is 11.1. The topological polar surface area (TPSA) is 164 Å². The molecule has 1 fully saturated rings. The number of hydrogen-bond acceptors (Lipinski definition) is 11. The first-order chi connectivity index (χ1) is 15.7. The number of amides is 2. The second-order valence-electron chi connectivity index (χ2n) is 9.05. The van der Waals surface area contributed by atoms with Crippen molar-refractivity contribution in [2.24, 2.45) is 11.7 Å². The number of nitrogens with two attached hydrogens (primary N) is 1. The highest BCUT2D eigenvalue weighted by molar-refractivity contribution is 8.00. The van der Waals surface area contributed by atoms with E-state index in [9.17, 15) is 24.0 Å². The van der Waals surface area contributed by atoms with Gasteiger partial charge in [-0.25, -0.2) is 14.4 Å². The summed E-state index contributed by atoms with van der Waals surface area (Å²) in [5, 5.41) is 2.00. The molecule has 2 rings (SSSR count). The molecule has 12 nitrogen and oxygen atoms in total. The average Bonchev–Trinajstić information content (AvgIpc) is 2.72. The Kier molecular flexibility index (Phi) is 8.95. The molecule has 0 aliphatic carbocycles. The zero-order valence-electron chi connectivity index (χ0n) is 20.0. The van der Waals surface area contributed by atoms with E-state index in [0.717, 1.165) is 0 Å². The summed E-state index contributed by atoms with van der Waals surface area (Å²) >= 11 is 1.34. The third-order valence-electron chi connectivity index (χ3n) is 4.72. The van der Waals surface area contributed by atoms with Crippen LogP contribution in [0.2, 0.25) is 0 Å². The average molecular weight is 502 g/mol. The van der Waals surface area contributed by atoms with E-state index in [2.05, 4.69) is 5.32 Å². The maximum Gasteiger partial charge on any atom is 0.408 e. The summed E-state index contributed by atoms with van der Waals surface area (Å²) < 4.78 is 20.2. The maximum absolute atomic E-state index is 12.8. The lowest BCUT2D eigenvalue weighted by atomic mass is 10.0. The van der Waals surface area contributed by atoms with Crippen molar-refractivity contribution in [2.75, 3.05) is 19.2 Å². The molecular weight excluding hydrogens is 470 g/mol. The molecule has 0 radical (unpaired) electrons. The molecule has 2 heterocycles. The van der Waals surface area contributed by atoms with Gasteiger partial charge in [0.05, 0.1) is 0 Å². The number of β-lactam (4-membered cyclic amide) rings is 1. The molecule has 0 aromatic rings. The van der Waals surface area contributed by atoms with Gasteiger partial charge in [0.25, 0.3) is 0 Å². The van der Waals surface area contributed by atoms with Gasteiger partial charge in [0.2, 0.25) is 12.7 Å². The number of nitrogens with zero attached hydrogens (tertiary/aromatic N) is 1. The summed E-state index contributed by atoms with van der Waals surface area (Å²) in [6.45, 7) is 8.70. The minimum Gasteiger partial charge on any atom is -0.461 e. The third kappa shape index (κ3) is 6.86. The predicted molar refractivity (Wildman–Crippen MR) is 120 cm³/mol. The van der Waals surface area contributed by atoms with Crippen LogP contribution in [0.4, 0.5) is 4.79 Å². The van der Waals surface area contributed by atoms with Crippen molar-refractivity contribution in [2.45, 2.75) is 64.6 Å². The Hall–Kier alpha value is -2.80. The Morgan fingerprint density at radius 1 is 1.18 bits per heavy atom. The fourth-order valence-corrected chi connectivity index (χ4v) is 4.37. The van der Waals surface area contributed by atoms with Gasteiger partial charge in [-0.05, 0) is 26.7 Å². The van der Waals surface area contributed by atoms with Crippen molar-refractivity contribution < 1.29 is 42.9 Å². The zero-order chi connectivity index (χ0) is 25.8. The van der Waals surface area contributed by atoms with E-state index in [1.54, 1.807) is 34.6 Å². The SMILES string of the molecule is CC(=O)OCC1=C(C(=O)OCOC(=O)C(NC(=O)OC(C)(C)C)C(C)C)N2C(=O)C(N)C2SC1. The van der Waals surface area contributed by atoms with Crippen LogP contribution < -0.4 is 11.1 Å². The van der Waals surface area contributed by atoms with Gasteiger partial charge in [-0.1, -0.05) is 13.8 Å². The monoisotopic (exact) mass is 501 g/mol. The first-order valence-electron chi connectivity index (χ1n) is 10.6. The van der Waals surface area contributed by atoms with Crippen LogP contribution in [0.25, 0.3) is 0 Å². The van der Waals surface area contributed by atoms with Crippen LogP contribution in [0.1, 0.15) is 41.5 Å². The largest absolute Gasteiger partial charge is 0.461 e. The van der Waals surface area contributed by atoms with E-state index in [-0.39, 0.29) is 18.2 Å². The van der Waals surface area contributed by atoms with Gasteiger partial charge in [0.1, 0.15) is 35.4 Å². The van der Waals surface area contributed by atoms with Gasteiger partial charge in [-0.15, -0.1) is 11.8 Å². The summed E-state index contributed by atoms with van der Waals surface area (Å²) in [5.41, 5.74) is 5.34. The van der Waals surface area contributed by atoms with Gasteiger partial charge < -0.3 is 30.0 Å². The normalized spacial score (nSPS) is 20.7. The Morgan fingerprint density at radius 3 is 2.38 bits per heavy atom. The molecule has 2 amide bonds. The van der Waals surface area contributed by atoms with Crippen molar-refractivity contribution in [3.8, 4) is 0 Å². The number of carbonyl (C=O) groups is 5. The quantitative estimate of drug-likeness (QED) is 0.208. The van der Waals surface area contributed by atoms with Crippen LogP contribution in [0.3, 0.4) is 0 Å². The minimum atomic E-state index is -1.04. The van der Waals surface area contributed by atoms with Crippen LogP contribution in [0.5, 0.6) is 0 Å². The molecule has 3 atom stereocenters. The van der Waals surface area contributed by atoms with Crippen molar-refractivity contribution in [3.63, 3.8) is 0 Å². The summed E-state index contributed by atoms with van der Waals surface area (Å²) in [6.07, 6.45) is -0.793. The molecule has 0 spiro atoms. The standard InChI is InChI=1S/C21H31N3O9S/c1-10(2)14(23-20(29)33-21(4,5)6)18(27)31-9-32-19(28)15-12(7-30-11(3)25)8-34-17-13(22)16(26)24(15)17/h10,13-14,17H,7-9,22H2,1-6H3,(H,23,29). The van der Waals surface area contributed by atoms with Crippen LogP contribution in [0.15, 0.2) is 11.3 Å². The lowest BCUT2D eigenvalue weighted by Crippen LogP contribution is -2.68. The number of ether oxygens (including phenoxy) is 4. The van der Waals surface area contributed by atoms with Gasteiger partial charge in [-0.3, -0.25) is 14.5 Å². The Balaban J connectivity index is 2.02. The fourth-order valence-electron chi connectivity index (χ4n) is 3.10. The number of rotatable bonds is 8. The molecular formula is C21H31N3O9S.